The lowest BCUT2D eigenvalue weighted by atomic mass is 10.1. The zero-order valence-electron chi connectivity index (χ0n) is 18.3. The molecule has 0 bridgehead atoms. The Morgan fingerprint density at radius 3 is 2.32 bits per heavy atom. The van der Waals surface area contributed by atoms with E-state index in [-0.39, 0.29) is 5.91 Å². The Morgan fingerprint density at radius 2 is 1.71 bits per heavy atom. The van der Waals surface area contributed by atoms with Gasteiger partial charge in [-0.05, 0) is 19.1 Å². The Hall–Kier alpha value is -3.10. The summed E-state index contributed by atoms with van der Waals surface area (Å²) in [7, 11) is 3.18. The molecule has 2 aromatic carbocycles. The first kappa shape index (κ1) is 22.6. The van der Waals surface area contributed by atoms with Gasteiger partial charge in [0, 0.05) is 49.1 Å². The van der Waals surface area contributed by atoms with Gasteiger partial charge in [-0.1, -0.05) is 17.7 Å². The molecule has 0 radical (unpaired) electrons. The van der Waals surface area contributed by atoms with Gasteiger partial charge in [0.05, 0.1) is 34.0 Å². The average Bonchev–Trinajstić information content (AvgIpc) is 2.79. The fourth-order valence-electron chi connectivity index (χ4n) is 3.14. The van der Waals surface area contributed by atoms with Gasteiger partial charge in [-0.15, -0.1) is 0 Å². The van der Waals surface area contributed by atoms with Crippen molar-refractivity contribution in [1.82, 2.24) is 10.2 Å². The summed E-state index contributed by atoms with van der Waals surface area (Å²) >= 11 is 0. The first-order valence-corrected chi connectivity index (χ1v) is 10.3. The lowest BCUT2D eigenvalue weighted by Gasteiger charge is -2.25. The van der Waals surface area contributed by atoms with Crippen molar-refractivity contribution in [3.8, 4) is 11.5 Å². The molecule has 8 nitrogen and oxygen atoms in total. The maximum atomic E-state index is 12.8. The number of methoxy groups -OCH3 is 2. The first-order valence-electron chi connectivity index (χ1n) is 10.3. The van der Waals surface area contributed by atoms with Crippen LogP contribution in [0.5, 0.6) is 11.5 Å². The van der Waals surface area contributed by atoms with E-state index >= 15 is 0 Å². The smallest absolute Gasteiger partial charge is 0.257 e. The van der Waals surface area contributed by atoms with Crippen LogP contribution in [0.2, 0.25) is 0 Å². The molecule has 0 spiro atoms. The number of anilines is 1. The van der Waals surface area contributed by atoms with Gasteiger partial charge in [0.2, 0.25) is 5.96 Å². The molecule has 1 saturated heterocycles. The SMILES string of the molecule is COc1cc(NC(=NCCN2CCOCC2)NC(=O)c2ccc(C)cc2)cc(OC)c1. The van der Waals surface area contributed by atoms with Crippen molar-refractivity contribution in [2.45, 2.75) is 6.92 Å². The summed E-state index contributed by atoms with van der Waals surface area (Å²) in [6, 6.07) is 12.8. The van der Waals surface area contributed by atoms with E-state index < -0.39 is 0 Å². The number of ether oxygens (including phenoxy) is 3. The zero-order chi connectivity index (χ0) is 22.1. The number of carbonyl (C=O) groups is 1. The molecule has 0 unspecified atom stereocenters. The molecule has 0 atom stereocenters. The van der Waals surface area contributed by atoms with E-state index in [4.69, 9.17) is 14.2 Å². The molecule has 0 saturated carbocycles. The Balaban J connectivity index is 1.75. The van der Waals surface area contributed by atoms with Gasteiger partial charge in [0.1, 0.15) is 11.5 Å². The molecule has 1 amide bonds. The average molecular weight is 427 g/mol. The lowest BCUT2D eigenvalue weighted by Crippen LogP contribution is -2.39. The molecule has 1 aliphatic heterocycles. The van der Waals surface area contributed by atoms with Crippen LogP contribution < -0.4 is 20.1 Å². The minimum atomic E-state index is -0.229. The number of aliphatic imine (C=N–C) groups is 1. The second-order valence-corrected chi connectivity index (χ2v) is 7.23. The summed E-state index contributed by atoms with van der Waals surface area (Å²) < 4.78 is 16.1. The number of hydrogen-bond acceptors (Lipinski definition) is 6. The fraction of sp³-hybridized carbons (Fsp3) is 0.391. The number of carbonyl (C=O) groups excluding carboxylic acids is 1. The van der Waals surface area contributed by atoms with Crippen LogP contribution in [-0.2, 0) is 4.74 Å². The van der Waals surface area contributed by atoms with Crippen molar-refractivity contribution in [2.24, 2.45) is 4.99 Å². The standard InChI is InChI=1S/C23H30N4O4/c1-17-4-6-18(7-5-17)22(28)26-23(24-8-9-27-10-12-31-13-11-27)25-19-14-20(29-2)16-21(15-19)30-3/h4-7,14-16H,8-13H2,1-3H3,(H2,24,25,26,28). The van der Waals surface area contributed by atoms with Crippen molar-refractivity contribution < 1.29 is 19.0 Å². The summed E-state index contributed by atoms with van der Waals surface area (Å²) in [5, 5.41) is 6.08. The van der Waals surface area contributed by atoms with Crippen molar-refractivity contribution in [1.29, 1.82) is 0 Å². The third kappa shape index (κ3) is 6.97. The van der Waals surface area contributed by atoms with E-state index in [9.17, 15) is 4.79 Å². The molecular formula is C23H30N4O4. The molecule has 0 aliphatic carbocycles. The Morgan fingerprint density at radius 1 is 1.06 bits per heavy atom. The summed E-state index contributed by atoms with van der Waals surface area (Å²) in [6.45, 7) is 6.57. The minimum absolute atomic E-state index is 0.229. The maximum Gasteiger partial charge on any atom is 0.257 e. The normalized spacial score (nSPS) is 14.7. The van der Waals surface area contributed by atoms with Gasteiger partial charge in [-0.25, -0.2) is 0 Å². The van der Waals surface area contributed by atoms with Crippen molar-refractivity contribution in [3.63, 3.8) is 0 Å². The number of rotatable bonds is 7. The van der Waals surface area contributed by atoms with Crippen LogP contribution in [0.15, 0.2) is 47.5 Å². The molecule has 2 aromatic rings. The highest BCUT2D eigenvalue weighted by Crippen LogP contribution is 2.25. The maximum absolute atomic E-state index is 12.8. The predicted molar refractivity (Wildman–Crippen MR) is 121 cm³/mol. The lowest BCUT2D eigenvalue weighted by molar-refractivity contribution is 0.0394. The molecular weight excluding hydrogens is 396 g/mol. The van der Waals surface area contributed by atoms with E-state index in [1.165, 1.54) is 0 Å². The third-order valence-electron chi connectivity index (χ3n) is 4.95. The fourth-order valence-corrected chi connectivity index (χ4v) is 3.14. The number of morpholine rings is 1. The van der Waals surface area contributed by atoms with Crippen molar-refractivity contribution >= 4 is 17.6 Å². The molecule has 1 heterocycles. The van der Waals surface area contributed by atoms with Crippen LogP contribution in [0.4, 0.5) is 5.69 Å². The number of nitrogens with zero attached hydrogens (tertiary/aromatic N) is 2. The van der Waals surface area contributed by atoms with E-state index in [1.54, 1.807) is 32.4 Å². The molecule has 1 aliphatic rings. The highest BCUT2D eigenvalue weighted by molar-refractivity contribution is 6.10. The monoisotopic (exact) mass is 426 g/mol. The van der Waals surface area contributed by atoms with E-state index in [2.05, 4.69) is 20.5 Å². The Labute approximate surface area is 183 Å². The Bertz CT molecular complexity index is 871. The van der Waals surface area contributed by atoms with Crippen LogP contribution in [0.3, 0.4) is 0 Å². The summed E-state index contributed by atoms with van der Waals surface area (Å²) in [6.07, 6.45) is 0. The topological polar surface area (TPSA) is 84.4 Å². The minimum Gasteiger partial charge on any atom is -0.497 e. The summed E-state index contributed by atoms with van der Waals surface area (Å²) in [4.78, 5) is 19.7. The number of nitrogens with one attached hydrogen (secondary N) is 2. The highest BCUT2D eigenvalue weighted by Gasteiger charge is 2.12. The number of amides is 1. The van der Waals surface area contributed by atoms with E-state index in [0.717, 1.165) is 38.4 Å². The molecule has 31 heavy (non-hydrogen) atoms. The molecule has 1 fully saturated rings. The van der Waals surface area contributed by atoms with Gasteiger partial charge in [-0.2, -0.15) is 0 Å². The van der Waals surface area contributed by atoms with Crippen molar-refractivity contribution in [3.05, 3.63) is 53.6 Å². The first-order chi connectivity index (χ1) is 15.1. The quantitative estimate of drug-likeness (QED) is 0.523. The second kappa shape index (κ2) is 11.3. The number of hydrogen-bond donors (Lipinski definition) is 2. The molecule has 8 heteroatoms. The summed E-state index contributed by atoms with van der Waals surface area (Å²) in [5.41, 5.74) is 2.36. The molecule has 3 rings (SSSR count). The Kier molecular flexibility index (Phi) is 8.26. The van der Waals surface area contributed by atoms with Gasteiger partial charge in [-0.3, -0.25) is 20.0 Å². The van der Waals surface area contributed by atoms with Gasteiger partial charge in [0.15, 0.2) is 0 Å². The number of benzene rings is 2. The van der Waals surface area contributed by atoms with E-state index in [0.29, 0.717) is 35.3 Å². The third-order valence-corrected chi connectivity index (χ3v) is 4.95. The zero-order valence-corrected chi connectivity index (χ0v) is 18.3. The van der Waals surface area contributed by atoms with Crippen molar-refractivity contribution in [2.75, 3.05) is 58.9 Å². The largest absolute Gasteiger partial charge is 0.497 e. The highest BCUT2D eigenvalue weighted by atomic mass is 16.5. The summed E-state index contributed by atoms with van der Waals surface area (Å²) in [5.74, 6) is 1.42. The van der Waals surface area contributed by atoms with Gasteiger partial charge in [0.25, 0.3) is 5.91 Å². The molecule has 166 valence electrons. The molecule has 0 aromatic heterocycles. The van der Waals surface area contributed by atoms with Gasteiger partial charge < -0.3 is 19.5 Å². The predicted octanol–water partition coefficient (Wildman–Crippen LogP) is 2.54. The number of aryl methyl sites for hydroxylation is 1. The van der Waals surface area contributed by atoms with Crippen LogP contribution >= 0.6 is 0 Å². The van der Waals surface area contributed by atoms with Gasteiger partial charge >= 0.3 is 0 Å². The van der Waals surface area contributed by atoms with Crippen LogP contribution in [0.1, 0.15) is 15.9 Å². The number of guanidine groups is 1. The van der Waals surface area contributed by atoms with Crippen LogP contribution in [0.25, 0.3) is 0 Å². The second-order valence-electron chi connectivity index (χ2n) is 7.23. The molecule has 2 N–H and O–H groups in total. The van der Waals surface area contributed by atoms with E-state index in [1.807, 2.05) is 31.2 Å². The van der Waals surface area contributed by atoms with Crippen LogP contribution in [-0.4, -0.2) is 70.4 Å². The van der Waals surface area contributed by atoms with Crippen LogP contribution in [0, 0.1) is 6.92 Å².